The molecule has 110 valence electrons. The average molecular weight is 414 g/mol. The quantitative estimate of drug-likeness (QED) is 0.599. The van der Waals surface area contributed by atoms with E-state index < -0.39 is 0 Å². The lowest BCUT2D eigenvalue weighted by molar-refractivity contribution is 0.654. The van der Waals surface area contributed by atoms with Gasteiger partial charge in [-0.1, -0.05) is 11.6 Å². The van der Waals surface area contributed by atoms with Crippen LogP contribution in [0.2, 0.25) is 5.02 Å². The van der Waals surface area contributed by atoms with E-state index in [-0.39, 0.29) is 0 Å². The van der Waals surface area contributed by atoms with Gasteiger partial charge in [0, 0.05) is 40.5 Å². The van der Waals surface area contributed by atoms with Gasteiger partial charge in [-0.15, -0.1) is 0 Å². The summed E-state index contributed by atoms with van der Waals surface area (Å²) in [7, 11) is 0. The number of halogens is 2. The third kappa shape index (κ3) is 3.37. The van der Waals surface area contributed by atoms with Gasteiger partial charge in [-0.2, -0.15) is 0 Å². The van der Waals surface area contributed by atoms with Crippen molar-refractivity contribution < 1.29 is 0 Å². The van der Waals surface area contributed by atoms with Gasteiger partial charge in [0.2, 0.25) is 0 Å². The highest BCUT2D eigenvalue weighted by Gasteiger charge is 2.18. The van der Waals surface area contributed by atoms with Crippen LogP contribution in [0.5, 0.6) is 0 Å². The predicted octanol–water partition coefficient (Wildman–Crippen LogP) is 3.85. The Morgan fingerprint density at radius 2 is 1.52 bits per heavy atom. The smallest absolute Gasteiger partial charge is 0.0601 e. The first kappa shape index (κ1) is 14.8. The molecule has 0 atom stereocenters. The SMILES string of the molecule is Nc1cc(I)ccc1N1CCN(c2ccc(Cl)cc2)CC1. The van der Waals surface area contributed by atoms with Crippen molar-refractivity contribution in [1.29, 1.82) is 0 Å². The van der Waals surface area contributed by atoms with E-state index in [1.54, 1.807) is 0 Å². The lowest BCUT2D eigenvalue weighted by Gasteiger charge is -2.37. The first-order valence-corrected chi connectivity index (χ1v) is 8.39. The molecule has 1 aliphatic rings. The Morgan fingerprint density at radius 3 is 2.14 bits per heavy atom. The van der Waals surface area contributed by atoms with E-state index in [9.17, 15) is 0 Å². The summed E-state index contributed by atoms with van der Waals surface area (Å²) in [5, 5.41) is 0.782. The van der Waals surface area contributed by atoms with Crippen LogP contribution >= 0.6 is 34.2 Å². The van der Waals surface area contributed by atoms with Crippen molar-refractivity contribution in [3.05, 3.63) is 51.1 Å². The van der Waals surface area contributed by atoms with Crippen LogP contribution in [0.15, 0.2) is 42.5 Å². The summed E-state index contributed by atoms with van der Waals surface area (Å²) < 4.78 is 1.17. The Morgan fingerprint density at radius 1 is 0.905 bits per heavy atom. The summed E-state index contributed by atoms with van der Waals surface area (Å²) in [6.45, 7) is 3.95. The number of nitrogens with zero attached hydrogens (tertiary/aromatic N) is 2. The Kier molecular flexibility index (Phi) is 4.45. The fourth-order valence-corrected chi connectivity index (χ4v) is 3.31. The number of nitrogen functional groups attached to an aromatic ring is 1. The van der Waals surface area contributed by atoms with Crippen LogP contribution in [-0.4, -0.2) is 26.2 Å². The van der Waals surface area contributed by atoms with Crippen molar-refractivity contribution >= 4 is 51.3 Å². The van der Waals surface area contributed by atoms with Crippen LogP contribution in [0, 0.1) is 3.57 Å². The van der Waals surface area contributed by atoms with Gasteiger partial charge in [0.25, 0.3) is 0 Å². The number of hydrogen-bond acceptors (Lipinski definition) is 3. The Hall–Kier alpha value is -1.14. The van der Waals surface area contributed by atoms with E-state index in [1.807, 2.05) is 18.2 Å². The zero-order valence-electron chi connectivity index (χ0n) is 11.6. The van der Waals surface area contributed by atoms with E-state index in [2.05, 4.69) is 56.7 Å². The Labute approximate surface area is 143 Å². The minimum atomic E-state index is 0.782. The molecule has 1 heterocycles. The number of nitrogens with two attached hydrogens (primary N) is 1. The molecule has 0 bridgehead atoms. The van der Waals surface area contributed by atoms with Crippen molar-refractivity contribution in [3.8, 4) is 0 Å². The summed E-state index contributed by atoms with van der Waals surface area (Å²) in [6.07, 6.45) is 0. The molecule has 2 aromatic rings. The van der Waals surface area contributed by atoms with Gasteiger partial charge < -0.3 is 15.5 Å². The minimum absolute atomic E-state index is 0.782. The van der Waals surface area contributed by atoms with Gasteiger partial charge in [-0.25, -0.2) is 0 Å². The molecule has 2 aromatic carbocycles. The van der Waals surface area contributed by atoms with E-state index in [1.165, 1.54) is 9.26 Å². The number of anilines is 3. The molecule has 1 aliphatic heterocycles. The second-order valence-electron chi connectivity index (χ2n) is 5.15. The summed E-state index contributed by atoms with van der Waals surface area (Å²) in [5.41, 5.74) is 9.38. The number of rotatable bonds is 2. The molecule has 0 saturated carbocycles. The second kappa shape index (κ2) is 6.32. The molecule has 3 rings (SSSR count). The zero-order valence-corrected chi connectivity index (χ0v) is 14.5. The highest BCUT2D eigenvalue weighted by molar-refractivity contribution is 14.1. The van der Waals surface area contributed by atoms with Gasteiger partial charge >= 0.3 is 0 Å². The highest BCUT2D eigenvalue weighted by Crippen LogP contribution is 2.27. The lowest BCUT2D eigenvalue weighted by atomic mass is 10.2. The van der Waals surface area contributed by atoms with E-state index in [0.29, 0.717) is 0 Å². The summed E-state index contributed by atoms with van der Waals surface area (Å²) in [6, 6.07) is 14.3. The fraction of sp³-hybridized carbons (Fsp3) is 0.250. The van der Waals surface area contributed by atoms with Crippen molar-refractivity contribution in [2.24, 2.45) is 0 Å². The normalized spacial score (nSPS) is 15.3. The molecule has 1 saturated heterocycles. The van der Waals surface area contributed by atoms with Crippen LogP contribution in [0.3, 0.4) is 0 Å². The fourth-order valence-electron chi connectivity index (χ4n) is 2.67. The Balaban J connectivity index is 1.68. The molecule has 21 heavy (non-hydrogen) atoms. The summed E-state index contributed by atoms with van der Waals surface area (Å²) >= 11 is 8.23. The van der Waals surface area contributed by atoms with Crippen molar-refractivity contribution in [2.75, 3.05) is 41.7 Å². The van der Waals surface area contributed by atoms with E-state index >= 15 is 0 Å². The molecule has 0 aliphatic carbocycles. The van der Waals surface area contributed by atoms with Gasteiger partial charge in [0.1, 0.15) is 0 Å². The third-order valence-corrected chi connectivity index (χ3v) is 4.72. The van der Waals surface area contributed by atoms with E-state index in [4.69, 9.17) is 17.3 Å². The van der Waals surface area contributed by atoms with Gasteiger partial charge in [0.05, 0.1) is 11.4 Å². The molecule has 0 amide bonds. The maximum Gasteiger partial charge on any atom is 0.0601 e. The molecule has 0 aromatic heterocycles. The zero-order chi connectivity index (χ0) is 14.8. The van der Waals surface area contributed by atoms with Crippen LogP contribution in [0.25, 0.3) is 0 Å². The predicted molar refractivity (Wildman–Crippen MR) is 99.4 cm³/mol. The monoisotopic (exact) mass is 413 g/mol. The average Bonchev–Trinajstić information content (AvgIpc) is 2.48. The number of piperazine rings is 1. The van der Waals surface area contributed by atoms with Crippen LogP contribution < -0.4 is 15.5 Å². The number of hydrogen-bond donors (Lipinski definition) is 1. The number of benzene rings is 2. The summed E-state index contributed by atoms with van der Waals surface area (Å²) in [5.74, 6) is 0. The third-order valence-electron chi connectivity index (χ3n) is 3.80. The van der Waals surface area contributed by atoms with Crippen molar-refractivity contribution in [3.63, 3.8) is 0 Å². The molecule has 2 N–H and O–H groups in total. The van der Waals surface area contributed by atoms with Gasteiger partial charge in [-0.3, -0.25) is 0 Å². The van der Waals surface area contributed by atoms with Crippen LogP contribution in [0.1, 0.15) is 0 Å². The van der Waals surface area contributed by atoms with Gasteiger partial charge in [-0.05, 0) is 65.1 Å². The molecule has 0 unspecified atom stereocenters. The molecule has 3 nitrogen and oxygen atoms in total. The largest absolute Gasteiger partial charge is 0.397 e. The van der Waals surface area contributed by atoms with Crippen LogP contribution in [-0.2, 0) is 0 Å². The first-order chi connectivity index (χ1) is 10.1. The van der Waals surface area contributed by atoms with Crippen LogP contribution in [0.4, 0.5) is 17.1 Å². The minimum Gasteiger partial charge on any atom is -0.397 e. The molecule has 5 heteroatoms. The summed E-state index contributed by atoms with van der Waals surface area (Å²) in [4.78, 5) is 4.74. The molecular weight excluding hydrogens is 397 g/mol. The molecule has 1 fully saturated rings. The van der Waals surface area contributed by atoms with Crippen molar-refractivity contribution in [1.82, 2.24) is 0 Å². The molecule has 0 radical (unpaired) electrons. The van der Waals surface area contributed by atoms with Crippen molar-refractivity contribution in [2.45, 2.75) is 0 Å². The topological polar surface area (TPSA) is 32.5 Å². The van der Waals surface area contributed by atoms with E-state index in [0.717, 1.165) is 42.6 Å². The maximum absolute atomic E-state index is 6.14. The Bertz CT molecular complexity index is 622. The standard InChI is InChI=1S/C16H17ClIN3/c17-12-1-4-14(5-2-12)20-7-9-21(10-8-20)16-6-3-13(18)11-15(16)19/h1-6,11H,7-10,19H2. The van der Waals surface area contributed by atoms with Gasteiger partial charge in [0.15, 0.2) is 0 Å². The second-order valence-corrected chi connectivity index (χ2v) is 6.84. The highest BCUT2D eigenvalue weighted by atomic mass is 127. The molecular formula is C16H17ClIN3. The first-order valence-electron chi connectivity index (χ1n) is 6.94. The maximum atomic E-state index is 6.14. The molecule has 0 spiro atoms. The lowest BCUT2D eigenvalue weighted by Crippen LogP contribution is -2.46.